The number of nitrogens with zero attached hydrogens (tertiary/aromatic N) is 3. The third kappa shape index (κ3) is 3.96. The van der Waals surface area contributed by atoms with E-state index in [4.69, 9.17) is 0 Å². The predicted molar refractivity (Wildman–Crippen MR) is 103 cm³/mol. The van der Waals surface area contributed by atoms with Gasteiger partial charge in [-0.3, -0.25) is 14.9 Å². The molecule has 0 fully saturated rings. The van der Waals surface area contributed by atoms with Crippen LogP contribution in [0.1, 0.15) is 27.3 Å². The molecule has 0 unspecified atom stereocenters. The molecule has 0 aliphatic carbocycles. The van der Waals surface area contributed by atoms with E-state index in [2.05, 4.69) is 10.5 Å². The summed E-state index contributed by atoms with van der Waals surface area (Å²) in [5.41, 5.74) is 5.59. The number of aryl methyl sites for hydroxylation is 1. The van der Waals surface area contributed by atoms with Crippen molar-refractivity contribution in [2.24, 2.45) is 5.10 Å². The van der Waals surface area contributed by atoms with Gasteiger partial charge in [0.15, 0.2) is 0 Å². The van der Waals surface area contributed by atoms with Crippen LogP contribution in [0.15, 0.2) is 59.7 Å². The molecular formula is C20H17FN4O3. The van der Waals surface area contributed by atoms with Gasteiger partial charge in [0.25, 0.3) is 11.6 Å². The molecule has 0 aliphatic rings. The summed E-state index contributed by atoms with van der Waals surface area (Å²) in [5, 5.41) is 14.9. The molecule has 3 rings (SSSR count). The summed E-state index contributed by atoms with van der Waals surface area (Å²) in [6.07, 6.45) is 1.48. The van der Waals surface area contributed by atoms with Gasteiger partial charge in [0, 0.05) is 34.6 Å². The minimum absolute atomic E-state index is 0.00238. The molecule has 0 aliphatic heterocycles. The fraction of sp³-hybridized carbons (Fsp3) is 0.100. The maximum absolute atomic E-state index is 13.2. The highest BCUT2D eigenvalue weighted by atomic mass is 19.1. The van der Waals surface area contributed by atoms with E-state index in [9.17, 15) is 19.3 Å². The maximum Gasteiger partial charge on any atom is 0.271 e. The fourth-order valence-electron chi connectivity index (χ4n) is 2.92. The lowest BCUT2D eigenvalue weighted by molar-refractivity contribution is -0.384. The zero-order chi connectivity index (χ0) is 20.3. The van der Waals surface area contributed by atoms with Crippen molar-refractivity contribution < 1.29 is 14.1 Å². The topological polar surface area (TPSA) is 89.5 Å². The molecule has 0 atom stereocenters. The van der Waals surface area contributed by atoms with Crippen LogP contribution < -0.4 is 5.43 Å². The molecule has 142 valence electrons. The molecule has 0 spiro atoms. The Bertz CT molecular complexity index is 1090. The van der Waals surface area contributed by atoms with Crippen LogP contribution >= 0.6 is 0 Å². The smallest absolute Gasteiger partial charge is 0.271 e. The SMILES string of the molecule is Cc1cc(/C=N\NC(=O)c2cccc(F)c2)c(C)n1-c1cccc([N+](=O)[O-])c1. The van der Waals surface area contributed by atoms with Crippen LogP contribution in [-0.2, 0) is 0 Å². The van der Waals surface area contributed by atoms with E-state index in [1.54, 1.807) is 12.1 Å². The number of halogens is 1. The molecule has 8 heteroatoms. The number of hydrazone groups is 1. The molecule has 28 heavy (non-hydrogen) atoms. The maximum atomic E-state index is 13.2. The van der Waals surface area contributed by atoms with Gasteiger partial charge in [-0.1, -0.05) is 12.1 Å². The third-order valence-electron chi connectivity index (χ3n) is 4.23. The molecule has 2 aromatic carbocycles. The second-order valence-electron chi connectivity index (χ2n) is 6.15. The first-order chi connectivity index (χ1) is 13.4. The van der Waals surface area contributed by atoms with E-state index >= 15 is 0 Å². The standard InChI is InChI=1S/C20H17FN4O3/c1-13-9-16(12-22-23-20(26)15-5-3-6-17(21)10-15)14(2)24(13)18-7-4-8-19(11-18)25(27)28/h3-12H,1-2H3,(H,23,26)/b22-12-. The molecule has 1 aromatic heterocycles. The highest BCUT2D eigenvalue weighted by Crippen LogP contribution is 2.23. The summed E-state index contributed by atoms with van der Waals surface area (Å²) in [4.78, 5) is 22.6. The van der Waals surface area contributed by atoms with E-state index in [0.717, 1.165) is 23.0 Å². The molecule has 0 saturated heterocycles. The number of amides is 1. The molecular weight excluding hydrogens is 363 g/mol. The first-order valence-electron chi connectivity index (χ1n) is 8.39. The number of nitro groups is 1. The van der Waals surface area contributed by atoms with Gasteiger partial charge < -0.3 is 4.57 Å². The molecule has 0 bridgehead atoms. The van der Waals surface area contributed by atoms with Gasteiger partial charge in [0.2, 0.25) is 0 Å². The van der Waals surface area contributed by atoms with E-state index < -0.39 is 16.6 Å². The Morgan fingerprint density at radius 1 is 1.18 bits per heavy atom. The number of hydrogen-bond acceptors (Lipinski definition) is 4. The molecule has 1 heterocycles. The quantitative estimate of drug-likeness (QED) is 0.413. The summed E-state index contributed by atoms with van der Waals surface area (Å²) >= 11 is 0. The average Bonchev–Trinajstić information content (AvgIpc) is 2.95. The van der Waals surface area contributed by atoms with E-state index in [0.29, 0.717) is 5.69 Å². The lowest BCUT2D eigenvalue weighted by atomic mass is 10.2. The number of non-ortho nitro benzene ring substituents is 1. The number of benzene rings is 2. The minimum atomic E-state index is -0.525. The number of hydrogen-bond donors (Lipinski definition) is 1. The Balaban J connectivity index is 1.82. The zero-order valence-corrected chi connectivity index (χ0v) is 15.2. The van der Waals surface area contributed by atoms with Gasteiger partial charge in [0.1, 0.15) is 5.82 Å². The van der Waals surface area contributed by atoms with Crippen LogP contribution in [0.2, 0.25) is 0 Å². The summed E-state index contributed by atoms with van der Waals surface area (Å²) in [6, 6.07) is 13.5. The Labute approximate surface area is 160 Å². The molecule has 0 radical (unpaired) electrons. The Kier molecular flexibility index (Phi) is 5.30. The lowest BCUT2D eigenvalue weighted by Gasteiger charge is -2.09. The number of nitro benzene ring substituents is 1. The van der Waals surface area contributed by atoms with Crippen LogP contribution in [0.5, 0.6) is 0 Å². The summed E-state index contributed by atoms with van der Waals surface area (Å²) in [5.74, 6) is -1.03. The first-order valence-corrected chi connectivity index (χ1v) is 8.39. The van der Waals surface area contributed by atoms with E-state index in [1.165, 1.54) is 36.5 Å². The van der Waals surface area contributed by atoms with Crippen LogP contribution in [0.3, 0.4) is 0 Å². The lowest BCUT2D eigenvalue weighted by Crippen LogP contribution is -2.17. The normalized spacial score (nSPS) is 11.0. The van der Waals surface area contributed by atoms with Gasteiger partial charge >= 0.3 is 0 Å². The Morgan fingerprint density at radius 2 is 1.93 bits per heavy atom. The second-order valence-corrected chi connectivity index (χ2v) is 6.15. The van der Waals surface area contributed by atoms with Crippen molar-refractivity contribution in [3.8, 4) is 5.69 Å². The molecule has 1 N–H and O–H groups in total. The minimum Gasteiger partial charge on any atom is -0.318 e. The zero-order valence-electron chi connectivity index (χ0n) is 15.2. The molecule has 1 amide bonds. The predicted octanol–water partition coefficient (Wildman–Crippen LogP) is 3.91. The van der Waals surface area contributed by atoms with Crippen LogP contribution in [-0.4, -0.2) is 21.6 Å². The van der Waals surface area contributed by atoms with Crippen LogP contribution in [0.4, 0.5) is 10.1 Å². The number of nitrogens with one attached hydrogen (secondary N) is 1. The van der Waals surface area contributed by atoms with Crippen molar-refractivity contribution in [3.05, 3.63) is 93.0 Å². The number of carbonyl (C=O) groups excluding carboxylic acids is 1. The van der Waals surface area contributed by atoms with Gasteiger partial charge in [-0.15, -0.1) is 0 Å². The van der Waals surface area contributed by atoms with Crippen molar-refractivity contribution in [2.45, 2.75) is 13.8 Å². The van der Waals surface area contributed by atoms with Crippen molar-refractivity contribution in [1.29, 1.82) is 0 Å². The largest absolute Gasteiger partial charge is 0.318 e. The van der Waals surface area contributed by atoms with E-state index in [-0.39, 0.29) is 11.3 Å². The molecule has 0 saturated carbocycles. The monoisotopic (exact) mass is 380 g/mol. The summed E-state index contributed by atoms with van der Waals surface area (Å²) < 4.78 is 15.1. The third-order valence-corrected chi connectivity index (χ3v) is 4.23. The van der Waals surface area contributed by atoms with Crippen molar-refractivity contribution in [2.75, 3.05) is 0 Å². The highest BCUT2D eigenvalue weighted by Gasteiger charge is 2.13. The first kappa shape index (κ1) is 19.0. The molecule has 7 nitrogen and oxygen atoms in total. The van der Waals surface area contributed by atoms with Crippen molar-refractivity contribution in [3.63, 3.8) is 0 Å². The highest BCUT2D eigenvalue weighted by molar-refractivity contribution is 5.95. The van der Waals surface area contributed by atoms with E-state index in [1.807, 2.05) is 24.5 Å². The van der Waals surface area contributed by atoms with Gasteiger partial charge in [-0.2, -0.15) is 5.10 Å². The van der Waals surface area contributed by atoms with Gasteiger partial charge in [-0.05, 0) is 44.2 Å². The van der Waals surface area contributed by atoms with Crippen molar-refractivity contribution >= 4 is 17.8 Å². The van der Waals surface area contributed by atoms with Gasteiger partial charge in [0.05, 0.1) is 16.8 Å². The summed E-state index contributed by atoms with van der Waals surface area (Å²) in [6.45, 7) is 3.72. The van der Waals surface area contributed by atoms with Crippen molar-refractivity contribution in [1.82, 2.24) is 9.99 Å². The van der Waals surface area contributed by atoms with Crippen LogP contribution in [0.25, 0.3) is 5.69 Å². The van der Waals surface area contributed by atoms with Crippen LogP contribution in [0, 0.1) is 29.8 Å². The number of aromatic nitrogens is 1. The Morgan fingerprint density at radius 3 is 2.64 bits per heavy atom. The average molecular weight is 380 g/mol. The fourth-order valence-corrected chi connectivity index (χ4v) is 2.92. The summed E-state index contributed by atoms with van der Waals surface area (Å²) in [7, 11) is 0. The Hall–Kier alpha value is -3.81. The number of rotatable bonds is 5. The molecule has 3 aromatic rings. The number of carbonyl (C=O) groups is 1. The second kappa shape index (κ2) is 7.83. The van der Waals surface area contributed by atoms with Gasteiger partial charge in [-0.25, -0.2) is 9.82 Å².